The normalized spacial score (nSPS) is 12.6. The number of benzene rings is 3. The predicted octanol–water partition coefficient (Wildman–Crippen LogP) is 3.56. The van der Waals surface area contributed by atoms with Crippen LogP contribution in [0, 0.1) is 6.92 Å². The van der Waals surface area contributed by atoms with Gasteiger partial charge in [-0.1, -0.05) is 17.7 Å². The fourth-order valence-electron chi connectivity index (χ4n) is 3.54. The smallest absolute Gasteiger partial charge is 0.294 e. The van der Waals surface area contributed by atoms with Gasteiger partial charge in [-0.3, -0.25) is 4.55 Å². The quantitative estimate of drug-likeness (QED) is 0.300. The van der Waals surface area contributed by atoms with Crippen molar-refractivity contribution in [2.45, 2.75) is 11.8 Å². The largest absolute Gasteiger partial charge is 0.457 e. The van der Waals surface area contributed by atoms with Gasteiger partial charge in [-0.15, -0.1) is 0 Å². The Morgan fingerprint density at radius 3 is 2.06 bits per heavy atom. The number of rotatable bonds is 6. The van der Waals surface area contributed by atoms with Crippen LogP contribution < -0.4 is 14.9 Å². The Balaban J connectivity index is 1.82. The van der Waals surface area contributed by atoms with Crippen molar-refractivity contribution in [3.05, 3.63) is 83.7 Å². The zero-order valence-corrected chi connectivity index (χ0v) is 20.8. The summed E-state index contributed by atoms with van der Waals surface area (Å²) in [5.41, 5.74) is 3.18. The molecule has 0 aliphatic rings. The summed E-state index contributed by atoms with van der Waals surface area (Å²) >= 11 is 0. The van der Waals surface area contributed by atoms with Gasteiger partial charge in [-0.05, 0) is 73.2 Å². The lowest BCUT2D eigenvalue weighted by atomic mass is 10.1. The van der Waals surface area contributed by atoms with Crippen LogP contribution in [0.15, 0.2) is 82.8 Å². The molecule has 0 aliphatic carbocycles. The Morgan fingerprint density at radius 1 is 0.886 bits per heavy atom. The van der Waals surface area contributed by atoms with E-state index in [0.717, 1.165) is 17.4 Å². The van der Waals surface area contributed by atoms with E-state index in [0.29, 0.717) is 28.1 Å². The summed E-state index contributed by atoms with van der Waals surface area (Å²) in [4.78, 5) is 1.76. The zero-order valence-electron chi connectivity index (χ0n) is 19.1. The highest BCUT2D eigenvalue weighted by molar-refractivity contribution is 7.88. The molecule has 2 N–H and O–H groups in total. The molecule has 35 heavy (non-hydrogen) atoms. The first-order valence-electron chi connectivity index (χ1n) is 10.4. The molecule has 1 heterocycles. The monoisotopic (exact) mass is 513 g/mol. The minimum absolute atomic E-state index is 0.184. The molecule has 0 unspecified atom stereocenters. The standard InChI is InChI=1S/C24H23N3O6S2/c1-16-4-8-18(9-5-16)33-19-10-6-17(7-11-19)24-15-22(25-26-34(3,28)29)21-14-20(35(30,31)32)12-13-23(21)27(24)2/h4-15,26H,1-3H3,(H,30,31,32)/b25-22+. The number of fused-ring (bicyclic) bond motifs is 1. The van der Waals surface area contributed by atoms with Gasteiger partial charge in [-0.25, -0.2) is 13.2 Å². The van der Waals surface area contributed by atoms with Crippen LogP contribution in [0.2, 0.25) is 0 Å². The molecule has 0 spiro atoms. The fraction of sp³-hybridized carbons (Fsp3) is 0.125. The molecule has 9 nitrogen and oxygen atoms in total. The average Bonchev–Trinajstić information content (AvgIpc) is 2.79. The summed E-state index contributed by atoms with van der Waals surface area (Å²) in [6.45, 7) is 2.00. The summed E-state index contributed by atoms with van der Waals surface area (Å²) in [6, 6.07) is 20.7. The fourth-order valence-corrected chi connectivity index (χ4v) is 4.32. The Bertz CT molecular complexity index is 1690. The number of ether oxygens (including phenoxy) is 1. The molecule has 0 aliphatic heterocycles. The first kappa shape index (κ1) is 24.5. The highest BCUT2D eigenvalue weighted by atomic mass is 32.2. The summed E-state index contributed by atoms with van der Waals surface area (Å²) < 4.78 is 63.7. The molecule has 4 rings (SSSR count). The number of pyridine rings is 1. The van der Waals surface area contributed by atoms with Crippen molar-refractivity contribution in [2.75, 3.05) is 6.26 Å². The molecule has 0 radical (unpaired) electrons. The first-order chi connectivity index (χ1) is 16.4. The molecule has 182 valence electrons. The summed E-state index contributed by atoms with van der Waals surface area (Å²) in [6.07, 6.45) is 0.957. The van der Waals surface area contributed by atoms with Gasteiger partial charge >= 0.3 is 0 Å². The van der Waals surface area contributed by atoms with E-state index in [9.17, 15) is 21.4 Å². The second-order valence-electron chi connectivity index (χ2n) is 8.04. The van der Waals surface area contributed by atoms with Crippen LogP contribution in [0.3, 0.4) is 0 Å². The highest BCUT2D eigenvalue weighted by Gasteiger charge is 2.14. The Morgan fingerprint density at radius 2 is 1.49 bits per heavy atom. The maximum Gasteiger partial charge on any atom is 0.294 e. The molecule has 11 heteroatoms. The second-order valence-corrected chi connectivity index (χ2v) is 11.2. The molecule has 3 aromatic carbocycles. The topological polar surface area (TPSA) is 127 Å². The van der Waals surface area contributed by atoms with E-state index in [1.165, 1.54) is 18.2 Å². The van der Waals surface area contributed by atoms with Crippen LogP contribution in [-0.4, -0.2) is 32.2 Å². The molecule has 0 saturated heterocycles. The van der Waals surface area contributed by atoms with Gasteiger partial charge in [0.2, 0.25) is 10.0 Å². The van der Waals surface area contributed by atoms with Crippen molar-refractivity contribution in [3.63, 3.8) is 0 Å². The van der Waals surface area contributed by atoms with Crippen molar-refractivity contribution in [1.82, 2.24) is 9.40 Å². The lowest BCUT2D eigenvalue weighted by Gasteiger charge is -2.15. The third kappa shape index (κ3) is 5.70. The predicted molar refractivity (Wildman–Crippen MR) is 133 cm³/mol. The van der Waals surface area contributed by atoms with Gasteiger partial charge in [0, 0.05) is 12.4 Å². The summed E-state index contributed by atoms with van der Waals surface area (Å²) in [5.74, 6) is 1.35. The Labute approximate surface area is 203 Å². The summed E-state index contributed by atoms with van der Waals surface area (Å²) in [5, 5.41) is 4.50. The lowest BCUT2D eigenvalue weighted by molar-refractivity contribution is 0.482. The van der Waals surface area contributed by atoms with Gasteiger partial charge in [0.05, 0.1) is 27.7 Å². The number of sulfonamides is 1. The van der Waals surface area contributed by atoms with Gasteiger partial charge in [0.1, 0.15) is 11.5 Å². The average molecular weight is 514 g/mol. The highest BCUT2D eigenvalue weighted by Crippen LogP contribution is 2.27. The van der Waals surface area contributed by atoms with Crippen LogP contribution in [0.5, 0.6) is 11.5 Å². The van der Waals surface area contributed by atoms with Crippen LogP contribution in [0.1, 0.15) is 5.56 Å². The third-order valence-corrected chi connectivity index (χ3v) is 6.55. The van der Waals surface area contributed by atoms with Crippen LogP contribution in [-0.2, 0) is 27.2 Å². The van der Waals surface area contributed by atoms with E-state index in [4.69, 9.17) is 4.74 Å². The van der Waals surface area contributed by atoms with Crippen LogP contribution in [0.25, 0.3) is 22.2 Å². The minimum Gasteiger partial charge on any atom is -0.457 e. The molecule has 0 atom stereocenters. The SMILES string of the molecule is Cc1ccc(Oc2ccc(-c3c/c(=N\NS(C)(=O)=O)c4cc(S(=O)(=O)O)ccc4n3C)cc2)cc1. The van der Waals surface area contributed by atoms with E-state index in [-0.39, 0.29) is 10.3 Å². The van der Waals surface area contributed by atoms with Crippen molar-refractivity contribution in [2.24, 2.45) is 12.1 Å². The van der Waals surface area contributed by atoms with Crippen molar-refractivity contribution >= 4 is 31.0 Å². The molecule has 0 fully saturated rings. The van der Waals surface area contributed by atoms with E-state index < -0.39 is 20.1 Å². The maximum absolute atomic E-state index is 11.7. The number of hydrogen-bond acceptors (Lipinski definition) is 6. The number of nitrogens with zero attached hydrogens (tertiary/aromatic N) is 2. The van der Waals surface area contributed by atoms with Gasteiger partial charge in [0.15, 0.2) is 0 Å². The van der Waals surface area contributed by atoms with Crippen molar-refractivity contribution in [1.29, 1.82) is 0 Å². The minimum atomic E-state index is -4.47. The van der Waals surface area contributed by atoms with Crippen LogP contribution in [0.4, 0.5) is 0 Å². The molecular weight excluding hydrogens is 490 g/mol. The van der Waals surface area contributed by atoms with E-state index in [1.807, 2.05) is 60.0 Å². The molecule has 0 saturated carbocycles. The second kappa shape index (κ2) is 9.17. The van der Waals surface area contributed by atoms with Gasteiger partial charge in [0.25, 0.3) is 10.1 Å². The van der Waals surface area contributed by atoms with Crippen molar-refractivity contribution < 1.29 is 26.1 Å². The van der Waals surface area contributed by atoms with Gasteiger partial charge < -0.3 is 9.30 Å². The van der Waals surface area contributed by atoms with E-state index in [1.54, 1.807) is 13.1 Å². The first-order valence-corrected chi connectivity index (χ1v) is 13.7. The number of nitrogens with one attached hydrogen (secondary N) is 1. The van der Waals surface area contributed by atoms with E-state index >= 15 is 0 Å². The Kier molecular flexibility index (Phi) is 6.41. The molecule has 0 amide bonds. The molecule has 1 aromatic heterocycles. The number of hydrogen-bond donors (Lipinski definition) is 2. The van der Waals surface area contributed by atoms with E-state index in [2.05, 4.69) is 9.93 Å². The molecular formula is C24H23N3O6S2. The van der Waals surface area contributed by atoms with Gasteiger partial charge in [-0.2, -0.15) is 13.5 Å². The third-order valence-electron chi connectivity index (χ3n) is 5.28. The van der Waals surface area contributed by atoms with Crippen molar-refractivity contribution in [3.8, 4) is 22.8 Å². The lowest BCUT2D eigenvalue weighted by Crippen LogP contribution is -2.21. The van der Waals surface area contributed by atoms with Crippen LogP contribution >= 0.6 is 0 Å². The maximum atomic E-state index is 11.7. The number of aryl methyl sites for hydroxylation is 2. The Hall–Kier alpha value is -3.67. The zero-order chi connectivity index (χ0) is 25.4. The summed E-state index contributed by atoms with van der Waals surface area (Å²) in [7, 11) is -6.34. The molecule has 4 aromatic rings. The number of aromatic nitrogens is 1. The molecule has 0 bridgehead atoms.